The van der Waals surface area contributed by atoms with Crippen molar-refractivity contribution in [2.24, 2.45) is 0 Å². The summed E-state index contributed by atoms with van der Waals surface area (Å²) < 4.78 is 1.55. The average Bonchev–Trinajstić information content (AvgIpc) is 2.67. The van der Waals surface area contributed by atoms with E-state index < -0.39 is 0 Å². The molecule has 0 saturated heterocycles. The van der Waals surface area contributed by atoms with Crippen LogP contribution in [0.1, 0.15) is 5.56 Å². The highest BCUT2D eigenvalue weighted by molar-refractivity contribution is 6.31. The number of hydrogen-bond acceptors (Lipinski definition) is 2. The molecular weight excluding hydrogens is 250 g/mol. The molecule has 0 aliphatic rings. The number of nitrogens with zero attached hydrogens (tertiary/aromatic N) is 2. The standard InChI is InChI=1S/C13H10ClN3O/c14-10-3-4-11-12(6-10)16-17(13(11)18)8-9-2-1-5-15-7-9/h1-7,16H,8H2. The Hall–Kier alpha value is -2.07. The second kappa shape index (κ2) is 4.31. The van der Waals surface area contributed by atoms with E-state index in [4.69, 9.17) is 11.6 Å². The van der Waals surface area contributed by atoms with Crippen LogP contribution in [0.15, 0.2) is 47.5 Å². The minimum atomic E-state index is -0.0504. The number of benzene rings is 1. The monoisotopic (exact) mass is 259 g/mol. The van der Waals surface area contributed by atoms with E-state index in [0.29, 0.717) is 17.0 Å². The number of nitrogens with one attached hydrogen (secondary N) is 1. The summed E-state index contributed by atoms with van der Waals surface area (Å²) in [5.41, 5.74) is 1.67. The summed E-state index contributed by atoms with van der Waals surface area (Å²) in [5.74, 6) is 0. The molecule has 3 aromatic rings. The van der Waals surface area contributed by atoms with Gasteiger partial charge >= 0.3 is 0 Å². The number of halogens is 1. The lowest BCUT2D eigenvalue weighted by molar-refractivity contribution is 0.670. The van der Waals surface area contributed by atoms with Crippen molar-refractivity contribution in [3.8, 4) is 0 Å². The van der Waals surface area contributed by atoms with Gasteiger partial charge in [0.1, 0.15) is 0 Å². The van der Waals surface area contributed by atoms with Crippen LogP contribution in [0.5, 0.6) is 0 Å². The zero-order valence-electron chi connectivity index (χ0n) is 9.43. The van der Waals surface area contributed by atoms with Gasteiger partial charge in [0.15, 0.2) is 0 Å². The average molecular weight is 260 g/mol. The lowest BCUT2D eigenvalue weighted by atomic mass is 10.2. The predicted molar refractivity (Wildman–Crippen MR) is 70.9 cm³/mol. The second-order valence-corrected chi connectivity index (χ2v) is 4.49. The summed E-state index contributed by atoms with van der Waals surface area (Å²) in [6.45, 7) is 0.471. The van der Waals surface area contributed by atoms with Crippen LogP contribution in [0.25, 0.3) is 10.9 Å². The van der Waals surface area contributed by atoms with Crippen molar-refractivity contribution < 1.29 is 0 Å². The Balaban J connectivity index is 2.08. The molecule has 5 heteroatoms. The summed E-state index contributed by atoms with van der Waals surface area (Å²) in [7, 11) is 0. The first-order valence-electron chi connectivity index (χ1n) is 5.51. The van der Waals surface area contributed by atoms with Gasteiger partial charge in [0, 0.05) is 17.4 Å². The number of H-pyrrole nitrogens is 1. The van der Waals surface area contributed by atoms with Crippen molar-refractivity contribution in [3.63, 3.8) is 0 Å². The summed E-state index contributed by atoms with van der Waals surface area (Å²) in [6.07, 6.45) is 3.45. The van der Waals surface area contributed by atoms with Gasteiger partial charge in [-0.05, 0) is 29.8 Å². The lowest BCUT2D eigenvalue weighted by Gasteiger charge is -2.00. The number of rotatable bonds is 2. The van der Waals surface area contributed by atoms with E-state index in [2.05, 4.69) is 10.1 Å². The number of hydrogen-bond donors (Lipinski definition) is 1. The third-order valence-corrected chi connectivity index (χ3v) is 3.01. The molecule has 0 amide bonds. The van der Waals surface area contributed by atoms with Gasteiger partial charge in [-0.25, -0.2) is 4.68 Å². The molecule has 2 aromatic heterocycles. The Morgan fingerprint density at radius 3 is 3.00 bits per heavy atom. The Kier molecular flexibility index (Phi) is 2.64. The summed E-state index contributed by atoms with van der Waals surface area (Å²) >= 11 is 5.90. The largest absolute Gasteiger partial charge is 0.295 e. The van der Waals surface area contributed by atoms with Crippen LogP contribution in [0.3, 0.4) is 0 Å². The molecule has 18 heavy (non-hydrogen) atoms. The fraction of sp³-hybridized carbons (Fsp3) is 0.0769. The number of aromatic amines is 1. The lowest BCUT2D eigenvalue weighted by Crippen LogP contribution is -2.17. The fourth-order valence-electron chi connectivity index (χ4n) is 1.92. The van der Waals surface area contributed by atoms with Crippen LogP contribution in [0.2, 0.25) is 5.02 Å². The molecule has 0 aliphatic heterocycles. The van der Waals surface area contributed by atoms with E-state index in [1.165, 1.54) is 0 Å². The van der Waals surface area contributed by atoms with Gasteiger partial charge < -0.3 is 0 Å². The van der Waals surface area contributed by atoms with Gasteiger partial charge in [0.25, 0.3) is 5.56 Å². The van der Waals surface area contributed by atoms with Crippen molar-refractivity contribution in [1.29, 1.82) is 0 Å². The van der Waals surface area contributed by atoms with E-state index in [0.717, 1.165) is 11.1 Å². The molecule has 0 unspecified atom stereocenters. The molecule has 0 bridgehead atoms. The molecule has 4 nitrogen and oxygen atoms in total. The van der Waals surface area contributed by atoms with E-state index in [-0.39, 0.29) is 5.56 Å². The maximum Gasteiger partial charge on any atom is 0.274 e. The van der Waals surface area contributed by atoms with Crippen LogP contribution < -0.4 is 5.56 Å². The van der Waals surface area contributed by atoms with E-state index >= 15 is 0 Å². The first-order valence-corrected chi connectivity index (χ1v) is 5.89. The third kappa shape index (κ3) is 1.91. The molecule has 1 N–H and O–H groups in total. The number of pyridine rings is 1. The van der Waals surface area contributed by atoms with Crippen molar-refractivity contribution in [2.75, 3.05) is 0 Å². The highest BCUT2D eigenvalue weighted by Crippen LogP contribution is 2.15. The van der Waals surface area contributed by atoms with Crippen molar-refractivity contribution in [3.05, 3.63) is 63.7 Å². The summed E-state index contributed by atoms with van der Waals surface area (Å²) in [6, 6.07) is 8.97. The summed E-state index contributed by atoms with van der Waals surface area (Å²) in [5, 5.41) is 4.30. The van der Waals surface area contributed by atoms with E-state index in [9.17, 15) is 4.79 Å². The minimum Gasteiger partial charge on any atom is -0.295 e. The molecule has 0 aliphatic carbocycles. The molecule has 0 spiro atoms. The molecule has 2 heterocycles. The van der Waals surface area contributed by atoms with Gasteiger partial charge in [-0.3, -0.25) is 14.9 Å². The summed E-state index contributed by atoms with van der Waals surface area (Å²) in [4.78, 5) is 16.1. The first-order chi connectivity index (χ1) is 8.74. The van der Waals surface area contributed by atoms with Gasteiger partial charge in [-0.1, -0.05) is 17.7 Å². The molecule has 3 rings (SSSR count). The zero-order valence-corrected chi connectivity index (χ0v) is 10.2. The SMILES string of the molecule is O=c1c2ccc(Cl)cc2[nH]n1Cc1cccnc1. The molecular formula is C13H10ClN3O. The Bertz CT molecular complexity index is 746. The number of aromatic nitrogens is 3. The van der Waals surface area contributed by atoms with Crippen molar-refractivity contribution in [2.45, 2.75) is 6.54 Å². The maximum absolute atomic E-state index is 12.1. The van der Waals surface area contributed by atoms with Crippen LogP contribution in [0.4, 0.5) is 0 Å². The molecule has 0 radical (unpaired) electrons. The van der Waals surface area contributed by atoms with Crippen LogP contribution in [0, 0.1) is 0 Å². The highest BCUT2D eigenvalue weighted by Gasteiger charge is 2.07. The second-order valence-electron chi connectivity index (χ2n) is 4.05. The maximum atomic E-state index is 12.1. The van der Waals surface area contributed by atoms with Crippen molar-refractivity contribution in [1.82, 2.24) is 14.8 Å². The van der Waals surface area contributed by atoms with Gasteiger partial charge in [-0.15, -0.1) is 0 Å². The minimum absolute atomic E-state index is 0.0504. The molecule has 90 valence electrons. The van der Waals surface area contributed by atoms with Crippen LogP contribution >= 0.6 is 11.6 Å². The smallest absolute Gasteiger partial charge is 0.274 e. The molecule has 0 fully saturated rings. The van der Waals surface area contributed by atoms with Gasteiger partial charge in [0.2, 0.25) is 0 Å². The fourth-order valence-corrected chi connectivity index (χ4v) is 2.09. The topological polar surface area (TPSA) is 50.7 Å². The van der Waals surface area contributed by atoms with Crippen LogP contribution in [-0.4, -0.2) is 14.8 Å². The Morgan fingerprint density at radius 2 is 2.22 bits per heavy atom. The van der Waals surface area contributed by atoms with E-state index in [1.54, 1.807) is 35.3 Å². The molecule has 0 atom stereocenters. The van der Waals surface area contributed by atoms with Crippen molar-refractivity contribution >= 4 is 22.5 Å². The number of fused-ring (bicyclic) bond motifs is 1. The predicted octanol–water partition coefficient (Wildman–Crippen LogP) is 2.43. The molecule has 0 saturated carbocycles. The van der Waals surface area contributed by atoms with Gasteiger partial charge in [0.05, 0.1) is 17.4 Å². The molecule has 1 aromatic carbocycles. The zero-order chi connectivity index (χ0) is 12.5. The Morgan fingerprint density at radius 1 is 1.33 bits per heavy atom. The van der Waals surface area contributed by atoms with Gasteiger partial charge in [-0.2, -0.15) is 0 Å². The first kappa shape index (κ1) is 11.0. The Labute approximate surface area is 108 Å². The normalized spacial score (nSPS) is 10.9. The highest BCUT2D eigenvalue weighted by atomic mass is 35.5. The quantitative estimate of drug-likeness (QED) is 0.768. The van der Waals surface area contributed by atoms with Crippen LogP contribution in [-0.2, 0) is 6.54 Å². The van der Waals surface area contributed by atoms with E-state index in [1.807, 2.05) is 12.1 Å². The third-order valence-electron chi connectivity index (χ3n) is 2.78.